The quantitative estimate of drug-likeness (QED) is 0.906. The Morgan fingerprint density at radius 3 is 2.79 bits per heavy atom. The lowest BCUT2D eigenvalue weighted by molar-refractivity contribution is 0.0614. The van der Waals surface area contributed by atoms with Crippen LogP contribution in [0.2, 0.25) is 0 Å². The van der Waals surface area contributed by atoms with E-state index in [0.29, 0.717) is 24.0 Å². The van der Waals surface area contributed by atoms with Crippen molar-refractivity contribution in [2.24, 2.45) is 11.7 Å². The molecule has 2 unspecified atom stereocenters. The summed E-state index contributed by atoms with van der Waals surface area (Å²) in [7, 11) is 0. The van der Waals surface area contributed by atoms with Crippen LogP contribution >= 0.6 is 0 Å². The number of aromatic nitrogens is 2. The highest BCUT2D eigenvalue weighted by Crippen LogP contribution is 2.42. The van der Waals surface area contributed by atoms with Gasteiger partial charge in [-0.25, -0.2) is 4.98 Å². The first-order valence-corrected chi connectivity index (χ1v) is 7.70. The molecule has 3 rings (SSSR count). The van der Waals surface area contributed by atoms with Crippen LogP contribution < -0.4 is 5.73 Å². The Hall–Kier alpha value is -0.870. The van der Waals surface area contributed by atoms with Gasteiger partial charge >= 0.3 is 0 Å². The Kier molecular flexibility index (Phi) is 3.63. The van der Waals surface area contributed by atoms with Crippen molar-refractivity contribution in [1.29, 1.82) is 0 Å². The van der Waals surface area contributed by atoms with Crippen molar-refractivity contribution in [3.63, 3.8) is 0 Å². The Bertz CT molecular complexity index is 422. The summed E-state index contributed by atoms with van der Waals surface area (Å²) in [4.78, 5) is 7.04. The smallest absolute Gasteiger partial charge is 0.0951 e. The van der Waals surface area contributed by atoms with Crippen LogP contribution in [-0.4, -0.2) is 33.6 Å². The molecule has 1 aromatic rings. The minimum Gasteiger partial charge on any atom is -0.330 e. The van der Waals surface area contributed by atoms with Crippen molar-refractivity contribution in [2.75, 3.05) is 13.1 Å². The highest BCUT2D eigenvalue weighted by atomic mass is 15.2. The lowest BCUT2D eigenvalue weighted by atomic mass is 9.86. The molecular weight excluding hydrogens is 236 g/mol. The van der Waals surface area contributed by atoms with Crippen molar-refractivity contribution in [1.82, 2.24) is 14.5 Å². The predicted molar refractivity (Wildman–Crippen MR) is 76.9 cm³/mol. The number of hydrogen-bond acceptors (Lipinski definition) is 3. The third kappa shape index (κ3) is 2.43. The van der Waals surface area contributed by atoms with E-state index >= 15 is 0 Å². The third-order valence-electron chi connectivity index (χ3n) is 4.70. The average Bonchev–Trinajstić information content (AvgIpc) is 3.15. The summed E-state index contributed by atoms with van der Waals surface area (Å²) >= 11 is 0. The van der Waals surface area contributed by atoms with Gasteiger partial charge in [-0.15, -0.1) is 0 Å². The van der Waals surface area contributed by atoms with Gasteiger partial charge in [0.1, 0.15) is 0 Å². The highest BCUT2D eigenvalue weighted by Gasteiger charge is 2.37. The summed E-state index contributed by atoms with van der Waals surface area (Å²) in [6, 6.07) is 1.73. The molecule has 1 aliphatic heterocycles. The summed E-state index contributed by atoms with van der Waals surface area (Å²) in [5.41, 5.74) is 7.44. The Balaban J connectivity index is 1.93. The zero-order chi connectivity index (χ0) is 13.4. The van der Waals surface area contributed by atoms with Crippen LogP contribution in [0.1, 0.15) is 57.3 Å². The fourth-order valence-corrected chi connectivity index (χ4v) is 3.54. The monoisotopic (exact) mass is 262 g/mol. The fourth-order valence-electron chi connectivity index (χ4n) is 3.54. The summed E-state index contributed by atoms with van der Waals surface area (Å²) in [6.07, 6.45) is 9.24. The van der Waals surface area contributed by atoms with E-state index in [4.69, 9.17) is 5.73 Å². The minimum atomic E-state index is 0.460. The van der Waals surface area contributed by atoms with Crippen LogP contribution in [0, 0.1) is 5.92 Å². The number of imidazole rings is 1. The molecule has 4 heteroatoms. The molecule has 0 spiro atoms. The van der Waals surface area contributed by atoms with E-state index in [1.807, 2.05) is 6.33 Å². The zero-order valence-electron chi connectivity index (χ0n) is 12.1. The van der Waals surface area contributed by atoms with Crippen LogP contribution in [0.25, 0.3) is 0 Å². The first kappa shape index (κ1) is 13.1. The third-order valence-corrected chi connectivity index (χ3v) is 4.70. The largest absolute Gasteiger partial charge is 0.330 e. The van der Waals surface area contributed by atoms with Crippen LogP contribution in [-0.2, 0) is 0 Å². The van der Waals surface area contributed by atoms with Crippen molar-refractivity contribution in [3.05, 3.63) is 18.2 Å². The zero-order valence-corrected chi connectivity index (χ0v) is 12.1. The Labute approximate surface area is 116 Å². The first-order chi connectivity index (χ1) is 9.22. The molecule has 106 valence electrons. The van der Waals surface area contributed by atoms with Gasteiger partial charge in [-0.3, -0.25) is 4.90 Å². The number of piperidine rings is 1. The van der Waals surface area contributed by atoms with Gasteiger partial charge in [0.05, 0.1) is 18.1 Å². The molecule has 2 heterocycles. The van der Waals surface area contributed by atoms with Gasteiger partial charge in [-0.05, 0) is 58.5 Å². The van der Waals surface area contributed by atoms with Crippen molar-refractivity contribution in [3.8, 4) is 0 Å². The van der Waals surface area contributed by atoms with Crippen molar-refractivity contribution in [2.45, 2.75) is 57.7 Å². The highest BCUT2D eigenvalue weighted by molar-refractivity contribution is 5.12. The molecule has 0 radical (unpaired) electrons. The summed E-state index contributed by atoms with van der Waals surface area (Å²) in [6.45, 7) is 6.56. The second-order valence-corrected chi connectivity index (χ2v) is 6.37. The van der Waals surface area contributed by atoms with E-state index in [1.54, 1.807) is 0 Å². The second kappa shape index (κ2) is 5.25. The first-order valence-electron chi connectivity index (χ1n) is 7.70. The minimum absolute atomic E-state index is 0.460. The molecule has 4 nitrogen and oxygen atoms in total. The molecule has 1 saturated carbocycles. The van der Waals surface area contributed by atoms with Gasteiger partial charge < -0.3 is 10.3 Å². The molecule has 0 amide bonds. The maximum Gasteiger partial charge on any atom is 0.0951 e. The van der Waals surface area contributed by atoms with Crippen LogP contribution in [0.5, 0.6) is 0 Å². The number of nitrogens with zero attached hydrogens (tertiary/aromatic N) is 3. The maximum atomic E-state index is 6.05. The normalized spacial score (nSPS) is 29.1. The number of likely N-dealkylation sites (tertiary alicyclic amines) is 1. The molecule has 2 atom stereocenters. The second-order valence-electron chi connectivity index (χ2n) is 6.37. The van der Waals surface area contributed by atoms with E-state index in [2.05, 4.69) is 34.5 Å². The predicted octanol–water partition coefficient (Wildman–Crippen LogP) is 2.34. The van der Waals surface area contributed by atoms with E-state index in [0.717, 1.165) is 6.54 Å². The van der Waals surface area contributed by atoms with E-state index in [-0.39, 0.29) is 0 Å². The molecule has 1 aliphatic carbocycles. The standard InChI is InChI=1S/C15H26N4/c1-11(2)18-7-3-4-12(8-16)15(18)14-9-17-10-19(14)13-5-6-13/h9-13,15H,3-8,16H2,1-2H3. The van der Waals surface area contributed by atoms with E-state index in [1.165, 1.54) is 37.9 Å². The maximum absolute atomic E-state index is 6.05. The van der Waals surface area contributed by atoms with Gasteiger partial charge in [-0.2, -0.15) is 0 Å². The van der Waals surface area contributed by atoms with Gasteiger partial charge in [0.15, 0.2) is 0 Å². The van der Waals surface area contributed by atoms with Crippen LogP contribution in [0.4, 0.5) is 0 Å². The summed E-state index contributed by atoms with van der Waals surface area (Å²) in [5, 5.41) is 0. The summed E-state index contributed by atoms with van der Waals surface area (Å²) in [5.74, 6) is 0.574. The molecule has 19 heavy (non-hydrogen) atoms. The molecule has 1 saturated heterocycles. The van der Waals surface area contributed by atoms with Gasteiger partial charge in [0.2, 0.25) is 0 Å². The van der Waals surface area contributed by atoms with E-state index in [9.17, 15) is 0 Å². The number of nitrogens with two attached hydrogens (primary N) is 1. The van der Waals surface area contributed by atoms with Crippen LogP contribution in [0.3, 0.4) is 0 Å². The average molecular weight is 262 g/mol. The van der Waals surface area contributed by atoms with Gasteiger partial charge in [0.25, 0.3) is 0 Å². The number of rotatable bonds is 4. The molecule has 2 N–H and O–H groups in total. The molecule has 0 bridgehead atoms. The van der Waals surface area contributed by atoms with Gasteiger partial charge in [0, 0.05) is 18.3 Å². The Morgan fingerprint density at radius 1 is 1.37 bits per heavy atom. The van der Waals surface area contributed by atoms with Gasteiger partial charge in [-0.1, -0.05) is 0 Å². The molecule has 0 aromatic carbocycles. The lowest BCUT2D eigenvalue weighted by Crippen LogP contribution is -2.45. The SMILES string of the molecule is CC(C)N1CCCC(CN)C1c1cncn1C1CC1. The fraction of sp³-hybridized carbons (Fsp3) is 0.800. The molecular formula is C15H26N4. The molecule has 2 aliphatic rings. The Morgan fingerprint density at radius 2 is 2.16 bits per heavy atom. The summed E-state index contributed by atoms with van der Waals surface area (Å²) < 4.78 is 2.41. The molecule has 2 fully saturated rings. The van der Waals surface area contributed by atoms with Crippen LogP contribution in [0.15, 0.2) is 12.5 Å². The van der Waals surface area contributed by atoms with Crippen molar-refractivity contribution < 1.29 is 0 Å². The van der Waals surface area contributed by atoms with Crippen molar-refractivity contribution >= 4 is 0 Å². The molecule has 1 aromatic heterocycles. The topological polar surface area (TPSA) is 47.1 Å². The van der Waals surface area contributed by atoms with E-state index < -0.39 is 0 Å². The number of hydrogen-bond donors (Lipinski definition) is 1. The lowest BCUT2D eigenvalue weighted by Gasteiger charge is -2.43.